The second kappa shape index (κ2) is 7.15. The molecule has 1 unspecified atom stereocenters. The smallest absolute Gasteiger partial charge is 0.256 e. The zero-order valence-electron chi connectivity index (χ0n) is 16.5. The van der Waals surface area contributed by atoms with Gasteiger partial charge in [-0.2, -0.15) is 0 Å². The Kier molecular flexibility index (Phi) is 4.78. The van der Waals surface area contributed by atoms with Gasteiger partial charge in [-0.15, -0.1) is 0 Å². The SMILES string of the molecule is [B]c1cc(C(=O)N(C)C2COCc3[nH]c(=O)c4cc(C)c(F)cc4c32)ccc1C. The van der Waals surface area contributed by atoms with Crippen LogP contribution in [-0.2, 0) is 11.3 Å². The first-order valence-electron chi connectivity index (χ1n) is 9.34. The number of H-pyrrole nitrogens is 1. The number of hydrogen-bond donors (Lipinski definition) is 1. The molecule has 5 nitrogen and oxygen atoms in total. The first-order valence-corrected chi connectivity index (χ1v) is 9.34. The third-order valence-electron chi connectivity index (χ3n) is 5.59. The number of benzene rings is 2. The number of likely N-dealkylation sites (N-methyl/N-ethyl adjacent to an activating group) is 1. The van der Waals surface area contributed by atoms with Gasteiger partial charge in [0.25, 0.3) is 11.5 Å². The largest absolute Gasteiger partial charge is 0.373 e. The van der Waals surface area contributed by atoms with Crippen molar-refractivity contribution in [2.24, 2.45) is 0 Å². The molecular formula is C22H20BFN2O3. The van der Waals surface area contributed by atoms with E-state index in [1.54, 1.807) is 43.1 Å². The molecule has 0 spiro atoms. The first kappa shape index (κ1) is 19.4. The van der Waals surface area contributed by atoms with Gasteiger partial charge >= 0.3 is 0 Å². The molecule has 4 rings (SSSR count). The number of amides is 1. The van der Waals surface area contributed by atoms with E-state index in [1.807, 2.05) is 6.92 Å². The molecule has 146 valence electrons. The summed E-state index contributed by atoms with van der Waals surface area (Å²) in [6, 6.07) is 7.61. The maximum atomic E-state index is 14.3. The fourth-order valence-corrected chi connectivity index (χ4v) is 3.80. The summed E-state index contributed by atoms with van der Waals surface area (Å²) in [7, 11) is 7.63. The molecule has 0 saturated heterocycles. The number of pyridine rings is 1. The highest BCUT2D eigenvalue weighted by atomic mass is 19.1. The van der Waals surface area contributed by atoms with E-state index in [0.29, 0.717) is 38.6 Å². The Bertz CT molecular complexity index is 1200. The van der Waals surface area contributed by atoms with Gasteiger partial charge in [0.05, 0.1) is 19.3 Å². The molecule has 0 bridgehead atoms. The van der Waals surface area contributed by atoms with Crippen LogP contribution in [0.1, 0.15) is 38.8 Å². The standard InChI is InChI=1S/C22H20BFN2O3/c1-11-4-5-13(7-16(11)23)22(28)26(3)19-10-29-9-18-20(19)14-8-17(24)12(2)6-15(14)21(27)25-18/h4-8,19H,9-10H2,1-3H3,(H,25,27). The number of halogens is 1. The van der Waals surface area contributed by atoms with Crippen LogP contribution in [0.2, 0.25) is 0 Å². The Morgan fingerprint density at radius 1 is 1.21 bits per heavy atom. The number of aromatic amines is 1. The highest BCUT2D eigenvalue weighted by molar-refractivity contribution is 6.33. The van der Waals surface area contributed by atoms with Crippen LogP contribution in [0.4, 0.5) is 4.39 Å². The predicted octanol–water partition coefficient (Wildman–Crippen LogP) is 2.42. The second-order valence-electron chi connectivity index (χ2n) is 7.51. The number of carbonyl (C=O) groups is 1. The van der Waals surface area contributed by atoms with Crippen molar-refractivity contribution in [3.8, 4) is 0 Å². The normalized spacial score (nSPS) is 15.9. The molecule has 0 saturated carbocycles. The first-order chi connectivity index (χ1) is 13.8. The minimum absolute atomic E-state index is 0.200. The van der Waals surface area contributed by atoms with Crippen LogP contribution >= 0.6 is 0 Å². The van der Waals surface area contributed by atoms with Gasteiger partial charge in [0.1, 0.15) is 13.7 Å². The molecule has 1 N–H and O–H groups in total. The summed E-state index contributed by atoms with van der Waals surface area (Å²) in [6.07, 6.45) is 0. The van der Waals surface area contributed by atoms with Crippen molar-refractivity contribution < 1.29 is 13.9 Å². The summed E-state index contributed by atoms with van der Waals surface area (Å²) in [6.45, 7) is 3.93. The lowest BCUT2D eigenvalue weighted by Gasteiger charge is -2.34. The minimum atomic E-state index is -0.477. The van der Waals surface area contributed by atoms with Crippen molar-refractivity contribution in [2.75, 3.05) is 13.7 Å². The Morgan fingerprint density at radius 3 is 2.69 bits per heavy atom. The van der Waals surface area contributed by atoms with Crippen molar-refractivity contribution in [2.45, 2.75) is 26.5 Å². The monoisotopic (exact) mass is 390 g/mol. The van der Waals surface area contributed by atoms with Gasteiger partial charge in [-0.3, -0.25) is 9.59 Å². The fraction of sp³-hybridized carbons (Fsp3) is 0.273. The molecule has 1 amide bonds. The molecule has 1 aliphatic heterocycles. The van der Waals surface area contributed by atoms with Gasteiger partial charge in [0.15, 0.2) is 0 Å². The van der Waals surface area contributed by atoms with E-state index in [0.717, 1.165) is 5.56 Å². The highest BCUT2D eigenvalue weighted by Crippen LogP contribution is 2.34. The van der Waals surface area contributed by atoms with Crippen LogP contribution in [-0.4, -0.2) is 37.3 Å². The van der Waals surface area contributed by atoms with Crippen molar-refractivity contribution in [3.05, 3.63) is 74.5 Å². The lowest BCUT2D eigenvalue weighted by atomic mass is 9.89. The van der Waals surface area contributed by atoms with E-state index in [4.69, 9.17) is 12.6 Å². The summed E-state index contributed by atoms with van der Waals surface area (Å²) in [4.78, 5) is 30.0. The van der Waals surface area contributed by atoms with Crippen molar-refractivity contribution in [1.82, 2.24) is 9.88 Å². The number of carbonyl (C=O) groups excluding carboxylic acids is 1. The molecular weight excluding hydrogens is 370 g/mol. The summed E-state index contributed by atoms with van der Waals surface area (Å²) < 4.78 is 20.0. The number of ether oxygens (including phenoxy) is 1. The Morgan fingerprint density at radius 2 is 1.97 bits per heavy atom. The van der Waals surface area contributed by atoms with Crippen molar-refractivity contribution in [1.29, 1.82) is 0 Å². The summed E-state index contributed by atoms with van der Waals surface area (Å²) in [5.41, 5.74) is 3.25. The van der Waals surface area contributed by atoms with E-state index >= 15 is 0 Å². The topological polar surface area (TPSA) is 62.4 Å². The summed E-state index contributed by atoms with van der Waals surface area (Å²) >= 11 is 0. The number of aromatic nitrogens is 1. The van der Waals surface area contributed by atoms with Crippen LogP contribution < -0.4 is 11.0 Å². The Labute approximate surface area is 168 Å². The third kappa shape index (κ3) is 3.25. The zero-order chi connectivity index (χ0) is 20.9. The molecule has 29 heavy (non-hydrogen) atoms. The second-order valence-corrected chi connectivity index (χ2v) is 7.51. The molecule has 7 heteroatoms. The third-order valence-corrected chi connectivity index (χ3v) is 5.59. The highest BCUT2D eigenvalue weighted by Gasteiger charge is 2.31. The number of hydrogen-bond acceptors (Lipinski definition) is 3. The lowest BCUT2D eigenvalue weighted by Crippen LogP contribution is -2.38. The van der Waals surface area contributed by atoms with Gasteiger partial charge < -0.3 is 14.6 Å². The van der Waals surface area contributed by atoms with E-state index in [2.05, 4.69) is 4.98 Å². The van der Waals surface area contributed by atoms with E-state index in [-0.39, 0.29) is 24.7 Å². The predicted molar refractivity (Wildman–Crippen MR) is 110 cm³/mol. The van der Waals surface area contributed by atoms with Crippen LogP contribution in [0.3, 0.4) is 0 Å². The van der Waals surface area contributed by atoms with Gasteiger partial charge in [-0.1, -0.05) is 23.2 Å². The zero-order valence-corrected chi connectivity index (χ0v) is 16.5. The quantitative estimate of drug-likeness (QED) is 0.684. The van der Waals surface area contributed by atoms with Crippen molar-refractivity contribution >= 4 is 30.0 Å². The van der Waals surface area contributed by atoms with Gasteiger partial charge in [-0.05, 0) is 43.0 Å². The van der Waals surface area contributed by atoms with Crippen LogP contribution in [0, 0.1) is 19.7 Å². The average Bonchev–Trinajstić information content (AvgIpc) is 2.70. The molecule has 1 atom stereocenters. The van der Waals surface area contributed by atoms with E-state index in [1.165, 1.54) is 6.07 Å². The number of nitrogens with one attached hydrogen (secondary N) is 1. The minimum Gasteiger partial charge on any atom is -0.373 e. The van der Waals surface area contributed by atoms with E-state index < -0.39 is 11.9 Å². The summed E-state index contributed by atoms with van der Waals surface area (Å²) in [5, 5.41) is 0.901. The molecule has 2 radical (unpaired) electrons. The van der Waals surface area contributed by atoms with E-state index in [9.17, 15) is 14.0 Å². The fourth-order valence-electron chi connectivity index (χ4n) is 3.80. The Balaban J connectivity index is 1.84. The van der Waals surface area contributed by atoms with Crippen LogP contribution in [0.5, 0.6) is 0 Å². The molecule has 2 aromatic carbocycles. The molecule has 1 aliphatic rings. The van der Waals surface area contributed by atoms with Crippen LogP contribution in [0.15, 0.2) is 35.1 Å². The van der Waals surface area contributed by atoms with Gasteiger partial charge in [-0.25, -0.2) is 4.39 Å². The summed E-state index contributed by atoms with van der Waals surface area (Å²) in [5.74, 6) is -0.624. The molecule has 0 fully saturated rings. The number of rotatable bonds is 2. The Hall–Kier alpha value is -2.93. The number of aryl methyl sites for hydroxylation is 2. The lowest BCUT2D eigenvalue weighted by molar-refractivity contribution is 0.0336. The van der Waals surface area contributed by atoms with Crippen LogP contribution in [0.25, 0.3) is 10.8 Å². The van der Waals surface area contributed by atoms with Gasteiger partial charge in [0.2, 0.25) is 0 Å². The maximum Gasteiger partial charge on any atom is 0.256 e. The number of nitrogens with zero attached hydrogens (tertiary/aromatic N) is 1. The van der Waals surface area contributed by atoms with Gasteiger partial charge in [0, 0.05) is 29.3 Å². The molecule has 0 aliphatic carbocycles. The molecule has 2 heterocycles. The number of fused-ring (bicyclic) bond motifs is 3. The molecule has 3 aromatic rings. The molecule has 1 aromatic heterocycles. The van der Waals surface area contributed by atoms with Crippen molar-refractivity contribution in [3.63, 3.8) is 0 Å². The maximum absolute atomic E-state index is 14.3. The average molecular weight is 390 g/mol.